The van der Waals surface area contributed by atoms with Crippen molar-refractivity contribution in [2.75, 3.05) is 13.7 Å². The van der Waals surface area contributed by atoms with Gasteiger partial charge < -0.3 is 9.47 Å². The quantitative estimate of drug-likeness (QED) is 0.840. The van der Waals surface area contributed by atoms with E-state index >= 15 is 0 Å². The first kappa shape index (κ1) is 13.2. The second-order valence-corrected chi connectivity index (χ2v) is 3.75. The number of hydrogen-bond donors (Lipinski definition) is 0. The van der Waals surface area contributed by atoms with E-state index in [1.807, 2.05) is 0 Å². The highest BCUT2D eigenvalue weighted by Gasteiger charge is 2.13. The molecule has 0 amide bonds. The van der Waals surface area contributed by atoms with Gasteiger partial charge in [0.2, 0.25) is 0 Å². The van der Waals surface area contributed by atoms with Gasteiger partial charge in [-0.2, -0.15) is 8.78 Å². The number of hydrogen-bond acceptors (Lipinski definition) is 4. The number of rotatable bonds is 4. The molecule has 0 saturated heterocycles. The van der Waals surface area contributed by atoms with Gasteiger partial charge in [-0.25, -0.2) is 0 Å². The zero-order chi connectivity index (χ0) is 13.8. The molecule has 0 radical (unpaired) electrons. The molecule has 1 aliphatic rings. The van der Waals surface area contributed by atoms with Crippen LogP contribution in [0.5, 0.6) is 11.5 Å². The van der Waals surface area contributed by atoms with Crippen LogP contribution in [0, 0.1) is 0 Å². The van der Waals surface area contributed by atoms with Crippen LogP contribution in [0.3, 0.4) is 0 Å². The van der Waals surface area contributed by atoms with Crippen molar-refractivity contribution in [2.45, 2.75) is 6.61 Å². The molecular formula is C13H11F2NO3. The average molecular weight is 267 g/mol. The van der Waals surface area contributed by atoms with E-state index in [1.165, 1.54) is 25.3 Å². The Labute approximate surface area is 108 Å². The summed E-state index contributed by atoms with van der Waals surface area (Å²) >= 11 is 0. The van der Waals surface area contributed by atoms with Crippen molar-refractivity contribution in [3.05, 3.63) is 35.9 Å². The monoisotopic (exact) mass is 267 g/mol. The van der Waals surface area contributed by atoms with E-state index in [1.54, 1.807) is 12.1 Å². The Kier molecular flexibility index (Phi) is 3.89. The lowest BCUT2D eigenvalue weighted by atomic mass is 10.1. The molecule has 19 heavy (non-hydrogen) atoms. The van der Waals surface area contributed by atoms with Gasteiger partial charge in [-0.3, -0.25) is 9.79 Å². The van der Waals surface area contributed by atoms with Crippen molar-refractivity contribution in [1.82, 2.24) is 0 Å². The second-order valence-electron chi connectivity index (χ2n) is 3.75. The SMILES string of the molecule is COc1cc(C2=NCC(=O)C=C2)ccc1OC(F)F. The third kappa shape index (κ3) is 3.15. The molecule has 1 heterocycles. The first-order valence-corrected chi connectivity index (χ1v) is 5.48. The van der Waals surface area contributed by atoms with Crippen molar-refractivity contribution in [2.24, 2.45) is 4.99 Å². The van der Waals surface area contributed by atoms with Gasteiger partial charge >= 0.3 is 6.61 Å². The van der Waals surface area contributed by atoms with Crippen LogP contribution >= 0.6 is 0 Å². The summed E-state index contributed by atoms with van der Waals surface area (Å²) in [5.41, 5.74) is 1.27. The minimum absolute atomic E-state index is 0.0438. The predicted molar refractivity (Wildman–Crippen MR) is 65.2 cm³/mol. The Balaban J connectivity index is 2.29. The highest BCUT2D eigenvalue weighted by atomic mass is 19.3. The van der Waals surface area contributed by atoms with Crippen molar-refractivity contribution in [3.8, 4) is 11.5 Å². The van der Waals surface area contributed by atoms with Crippen LogP contribution in [-0.2, 0) is 4.79 Å². The number of nitrogens with zero attached hydrogens (tertiary/aromatic N) is 1. The minimum Gasteiger partial charge on any atom is -0.493 e. The number of aliphatic imine (C=N–C) groups is 1. The Morgan fingerprint density at radius 3 is 2.63 bits per heavy atom. The molecule has 0 fully saturated rings. The van der Waals surface area contributed by atoms with Crippen molar-refractivity contribution in [1.29, 1.82) is 0 Å². The number of carbonyl (C=O) groups is 1. The fourth-order valence-corrected chi connectivity index (χ4v) is 1.65. The largest absolute Gasteiger partial charge is 0.493 e. The fourth-order valence-electron chi connectivity index (χ4n) is 1.65. The van der Waals surface area contributed by atoms with Gasteiger partial charge in [0.1, 0.15) is 6.54 Å². The van der Waals surface area contributed by atoms with Crippen LogP contribution in [0.25, 0.3) is 0 Å². The number of alkyl halides is 2. The molecule has 0 unspecified atom stereocenters. The molecule has 2 rings (SSSR count). The number of methoxy groups -OCH3 is 1. The van der Waals surface area contributed by atoms with Crippen LogP contribution in [0.4, 0.5) is 8.78 Å². The number of halogens is 2. The van der Waals surface area contributed by atoms with E-state index in [0.717, 1.165) is 0 Å². The highest BCUT2D eigenvalue weighted by Crippen LogP contribution is 2.30. The maximum absolute atomic E-state index is 12.2. The molecule has 0 atom stereocenters. The number of allylic oxidation sites excluding steroid dienone is 1. The number of carbonyl (C=O) groups excluding carboxylic acids is 1. The number of ether oxygens (including phenoxy) is 2. The average Bonchev–Trinajstić information content (AvgIpc) is 2.39. The molecule has 0 spiro atoms. The molecule has 4 nitrogen and oxygen atoms in total. The topological polar surface area (TPSA) is 47.9 Å². The molecule has 1 aromatic rings. The van der Waals surface area contributed by atoms with Gasteiger partial charge in [0.25, 0.3) is 0 Å². The molecule has 0 N–H and O–H groups in total. The Hall–Kier alpha value is -2.24. The van der Waals surface area contributed by atoms with Gasteiger partial charge in [0.15, 0.2) is 17.3 Å². The molecule has 1 aliphatic heterocycles. The molecule has 0 saturated carbocycles. The van der Waals surface area contributed by atoms with Gasteiger partial charge in [-0.15, -0.1) is 0 Å². The lowest BCUT2D eigenvalue weighted by molar-refractivity contribution is -0.113. The van der Waals surface area contributed by atoms with Gasteiger partial charge in [0.05, 0.1) is 12.8 Å². The van der Waals surface area contributed by atoms with Crippen molar-refractivity contribution in [3.63, 3.8) is 0 Å². The fraction of sp³-hybridized carbons (Fsp3) is 0.231. The van der Waals surface area contributed by atoms with E-state index in [4.69, 9.17) is 4.74 Å². The summed E-state index contributed by atoms with van der Waals surface area (Å²) in [6.45, 7) is -2.83. The van der Waals surface area contributed by atoms with E-state index in [-0.39, 0.29) is 23.8 Å². The van der Waals surface area contributed by atoms with Crippen molar-refractivity contribution >= 4 is 11.5 Å². The van der Waals surface area contributed by atoms with E-state index in [0.29, 0.717) is 11.3 Å². The van der Waals surface area contributed by atoms with Crippen molar-refractivity contribution < 1.29 is 23.0 Å². The molecule has 0 bridgehead atoms. The van der Waals surface area contributed by atoms with Crippen LogP contribution in [0.2, 0.25) is 0 Å². The summed E-state index contributed by atoms with van der Waals surface area (Å²) < 4.78 is 33.7. The summed E-state index contributed by atoms with van der Waals surface area (Å²) in [4.78, 5) is 15.1. The molecule has 0 aromatic heterocycles. The van der Waals surface area contributed by atoms with Gasteiger partial charge in [-0.05, 0) is 30.4 Å². The smallest absolute Gasteiger partial charge is 0.387 e. The zero-order valence-corrected chi connectivity index (χ0v) is 10.1. The summed E-state index contributed by atoms with van der Waals surface area (Å²) in [7, 11) is 1.36. The Morgan fingerprint density at radius 2 is 2.05 bits per heavy atom. The lowest BCUT2D eigenvalue weighted by Crippen LogP contribution is -2.10. The Bertz CT molecular complexity index is 553. The molecule has 0 aliphatic carbocycles. The van der Waals surface area contributed by atoms with Gasteiger partial charge in [-0.1, -0.05) is 0 Å². The summed E-state index contributed by atoms with van der Waals surface area (Å²) in [5, 5.41) is 0. The highest BCUT2D eigenvalue weighted by molar-refractivity contribution is 6.14. The minimum atomic E-state index is -2.91. The second kappa shape index (κ2) is 5.60. The molecule has 6 heteroatoms. The van der Waals surface area contributed by atoms with Crippen LogP contribution in [0.15, 0.2) is 35.3 Å². The number of ketones is 1. The standard InChI is InChI=1S/C13H11F2NO3/c1-18-12-6-8(2-5-11(12)19-13(14)15)10-4-3-9(17)7-16-10/h2-6,13H,7H2,1H3. The van der Waals surface area contributed by atoms with E-state index < -0.39 is 6.61 Å². The van der Waals surface area contributed by atoms with E-state index in [9.17, 15) is 13.6 Å². The van der Waals surface area contributed by atoms with Crippen LogP contribution in [0.1, 0.15) is 5.56 Å². The third-order valence-electron chi connectivity index (χ3n) is 2.51. The summed E-state index contributed by atoms with van der Waals surface area (Å²) in [5.74, 6) is 0.0666. The first-order chi connectivity index (χ1) is 9.10. The number of benzene rings is 1. The van der Waals surface area contributed by atoms with E-state index in [2.05, 4.69) is 9.73 Å². The Morgan fingerprint density at radius 1 is 1.26 bits per heavy atom. The van der Waals surface area contributed by atoms with Crippen LogP contribution < -0.4 is 9.47 Å². The first-order valence-electron chi connectivity index (χ1n) is 5.48. The zero-order valence-electron chi connectivity index (χ0n) is 10.1. The molecule has 1 aromatic carbocycles. The summed E-state index contributed by atoms with van der Waals surface area (Å²) in [6, 6.07) is 4.50. The molecular weight excluding hydrogens is 256 g/mol. The van der Waals surface area contributed by atoms with Gasteiger partial charge in [0, 0.05) is 5.56 Å². The maximum Gasteiger partial charge on any atom is 0.387 e. The maximum atomic E-state index is 12.2. The summed E-state index contributed by atoms with van der Waals surface area (Å²) in [6.07, 6.45) is 3.01. The molecule has 100 valence electrons. The third-order valence-corrected chi connectivity index (χ3v) is 2.51. The number of dihydropyridines is 1. The van der Waals surface area contributed by atoms with Crippen LogP contribution in [-0.4, -0.2) is 31.8 Å². The predicted octanol–water partition coefficient (Wildman–Crippen LogP) is 2.22. The normalized spacial score (nSPS) is 14.5. The lowest BCUT2D eigenvalue weighted by Gasteiger charge is -2.12.